The summed E-state index contributed by atoms with van der Waals surface area (Å²) in [5.41, 5.74) is 0.398. The summed E-state index contributed by atoms with van der Waals surface area (Å²) in [6.07, 6.45) is 1.48. The third-order valence-electron chi connectivity index (χ3n) is 9.71. The number of halogens is 4. The molecule has 246 valence electrons. The number of likely N-dealkylation sites (tertiary alicyclic amines) is 1. The molecule has 3 aromatic rings. The number of pyridine rings is 1. The Morgan fingerprint density at radius 1 is 1.00 bits per heavy atom. The Kier molecular flexibility index (Phi) is 9.04. The number of amides is 1. The van der Waals surface area contributed by atoms with E-state index in [4.69, 9.17) is 11.6 Å². The van der Waals surface area contributed by atoms with Crippen molar-refractivity contribution in [3.05, 3.63) is 73.1 Å². The number of hydrogen-bond donors (Lipinski definition) is 2. The van der Waals surface area contributed by atoms with Gasteiger partial charge in [-0.25, -0.2) is 4.98 Å². The van der Waals surface area contributed by atoms with Gasteiger partial charge in [-0.05, 0) is 63.1 Å². The van der Waals surface area contributed by atoms with Gasteiger partial charge in [0.1, 0.15) is 23.7 Å². The largest absolute Gasteiger partial charge is 0.405 e. The third kappa shape index (κ3) is 6.60. The second kappa shape index (κ2) is 12.9. The lowest BCUT2D eigenvalue weighted by Crippen LogP contribution is -2.61. The van der Waals surface area contributed by atoms with Crippen LogP contribution in [0.15, 0.2) is 46.1 Å². The maximum absolute atomic E-state index is 13.4. The average molecular weight is 659 g/mol. The maximum Gasteiger partial charge on any atom is 0.405 e. The standard InChI is InChI=1S/C33H38ClF3N6O3/c1-19-17-43(31-26(34)14-24(15-38-31)40-28-27(29(44)30(28)45)39-18-33(35,36)37)20(2)16-42(19)25-9-11-41(12-10-25)32(46)23-8-7-21-5-3-4-6-22(21)13-23/h3-6,14-15,19-20,23,25,39-40H,7-13,16-18H2,1-2H3/t19-,20+,23?/m1/s1. The van der Waals surface area contributed by atoms with Crippen molar-refractivity contribution in [2.24, 2.45) is 5.92 Å². The van der Waals surface area contributed by atoms with Crippen molar-refractivity contribution in [3.8, 4) is 0 Å². The molecule has 2 aliphatic heterocycles. The molecule has 9 nitrogen and oxygen atoms in total. The van der Waals surface area contributed by atoms with Gasteiger partial charge in [0.25, 0.3) is 10.9 Å². The molecule has 2 saturated heterocycles. The summed E-state index contributed by atoms with van der Waals surface area (Å²) in [6.45, 7) is 5.89. The predicted molar refractivity (Wildman–Crippen MR) is 173 cm³/mol. The van der Waals surface area contributed by atoms with Crippen LogP contribution in [0.25, 0.3) is 0 Å². The molecule has 6 rings (SSSR count). The van der Waals surface area contributed by atoms with Crippen LogP contribution in [0.2, 0.25) is 5.02 Å². The molecular formula is C33H38ClF3N6O3. The number of alkyl halides is 3. The summed E-state index contributed by atoms with van der Waals surface area (Å²) in [5.74, 6) is 0.923. The number of piperidine rings is 1. The minimum absolute atomic E-state index is 0.0642. The molecule has 46 heavy (non-hydrogen) atoms. The van der Waals surface area contributed by atoms with Crippen LogP contribution in [0.3, 0.4) is 0 Å². The molecule has 3 atom stereocenters. The molecule has 2 aromatic carbocycles. The number of aryl methyl sites for hydroxylation is 1. The molecule has 1 amide bonds. The van der Waals surface area contributed by atoms with Crippen molar-refractivity contribution >= 4 is 40.4 Å². The first-order valence-corrected chi connectivity index (χ1v) is 16.2. The Balaban J connectivity index is 1.04. The van der Waals surface area contributed by atoms with Crippen LogP contribution in [-0.4, -0.2) is 77.7 Å². The number of carbonyl (C=O) groups excluding carboxylic acids is 1. The minimum Gasteiger partial charge on any atom is -0.371 e. The fourth-order valence-electron chi connectivity index (χ4n) is 7.26. The van der Waals surface area contributed by atoms with Gasteiger partial charge in [-0.15, -0.1) is 0 Å². The van der Waals surface area contributed by atoms with Crippen molar-refractivity contribution < 1.29 is 18.0 Å². The van der Waals surface area contributed by atoms with Crippen LogP contribution in [0, 0.1) is 5.92 Å². The molecule has 3 aliphatic rings. The van der Waals surface area contributed by atoms with Crippen molar-refractivity contribution in [1.82, 2.24) is 14.8 Å². The van der Waals surface area contributed by atoms with Crippen LogP contribution in [-0.2, 0) is 17.6 Å². The Morgan fingerprint density at radius 3 is 2.39 bits per heavy atom. The predicted octanol–water partition coefficient (Wildman–Crippen LogP) is 4.74. The SMILES string of the molecule is C[C@@H]1CN(c2ncc(Nc3c(NCC(F)(F)F)c(=O)c3=O)cc2Cl)[C@@H](C)CN1C1CCN(C(=O)C2CCc3ccccc3C2)CC1. The molecular weight excluding hydrogens is 621 g/mol. The smallest absolute Gasteiger partial charge is 0.371 e. The van der Waals surface area contributed by atoms with Gasteiger partial charge in [0.15, 0.2) is 0 Å². The average Bonchev–Trinajstić information content (AvgIpc) is 3.04. The van der Waals surface area contributed by atoms with Gasteiger partial charge in [0, 0.05) is 50.2 Å². The fourth-order valence-corrected chi connectivity index (χ4v) is 7.54. The zero-order valence-corrected chi connectivity index (χ0v) is 26.6. The highest BCUT2D eigenvalue weighted by Crippen LogP contribution is 2.34. The highest BCUT2D eigenvalue weighted by Gasteiger charge is 2.38. The Hall–Kier alpha value is -3.64. The number of benzene rings is 1. The first-order valence-electron chi connectivity index (χ1n) is 15.8. The molecule has 0 spiro atoms. The van der Waals surface area contributed by atoms with E-state index in [9.17, 15) is 27.6 Å². The van der Waals surface area contributed by atoms with Crippen molar-refractivity contribution in [2.45, 2.75) is 70.3 Å². The van der Waals surface area contributed by atoms with Gasteiger partial charge in [0.2, 0.25) is 5.91 Å². The van der Waals surface area contributed by atoms with E-state index >= 15 is 0 Å². The van der Waals surface area contributed by atoms with E-state index in [1.54, 1.807) is 6.07 Å². The Bertz CT molecular complexity index is 1670. The number of nitrogens with zero attached hydrogens (tertiary/aromatic N) is 4. The van der Waals surface area contributed by atoms with Crippen LogP contribution >= 0.6 is 11.6 Å². The number of aromatic nitrogens is 1. The Morgan fingerprint density at radius 2 is 1.70 bits per heavy atom. The number of carbonyl (C=O) groups is 1. The lowest BCUT2D eigenvalue weighted by molar-refractivity contribution is -0.137. The van der Waals surface area contributed by atoms with E-state index in [0.717, 1.165) is 51.7 Å². The fraction of sp³-hybridized carbons (Fsp3) is 0.515. The normalized spacial score (nSPS) is 23.0. The summed E-state index contributed by atoms with van der Waals surface area (Å²) in [4.78, 5) is 48.5. The van der Waals surface area contributed by atoms with E-state index in [-0.39, 0.29) is 35.3 Å². The van der Waals surface area contributed by atoms with Crippen molar-refractivity contribution in [3.63, 3.8) is 0 Å². The van der Waals surface area contributed by atoms with E-state index in [0.29, 0.717) is 23.4 Å². The van der Waals surface area contributed by atoms with Gasteiger partial charge in [-0.1, -0.05) is 35.9 Å². The van der Waals surface area contributed by atoms with Crippen LogP contribution in [0.4, 0.5) is 36.1 Å². The number of rotatable bonds is 7. The molecule has 13 heteroatoms. The number of hydrogen-bond acceptors (Lipinski definition) is 8. The summed E-state index contributed by atoms with van der Waals surface area (Å²) < 4.78 is 37.8. The molecule has 2 N–H and O–H groups in total. The molecule has 3 heterocycles. The lowest BCUT2D eigenvalue weighted by atomic mass is 9.83. The number of fused-ring (bicyclic) bond motifs is 1. The van der Waals surface area contributed by atoms with Gasteiger partial charge >= 0.3 is 6.18 Å². The molecule has 0 bridgehead atoms. The van der Waals surface area contributed by atoms with Crippen LogP contribution < -0.4 is 26.4 Å². The van der Waals surface area contributed by atoms with Crippen LogP contribution in [0.5, 0.6) is 0 Å². The van der Waals surface area contributed by atoms with E-state index in [1.165, 1.54) is 17.3 Å². The van der Waals surface area contributed by atoms with Crippen LogP contribution in [0.1, 0.15) is 44.2 Å². The minimum atomic E-state index is -4.54. The van der Waals surface area contributed by atoms with Gasteiger partial charge in [-0.3, -0.25) is 19.3 Å². The first-order chi connectivity index (χ1) is 21.9. The Labute approximate surface area is 270 Å². The van der Waals surface area contributed by atoms with Crippen molar-refractivity contribution in [2.75, 3.05) is 48.3 Å². The number of piperazine rings is 1. The molecule has 1 aromatic heterocycles. The monoisotopic (exact) mass is 658 g/mol. The van der Waals surface area contributed by atoms with Crippen molar-refractivity contribution in [1.29, 1.82) is 0 Å². The highest BCUT2D eigenvalue weighted by molar-refractivity contribution is 6.33. The summed E-state index contributed by atoms with van der Waals surface area (Å²) in [7, 11) is 0. The second-order valence-corrected chi connectivity index (χ2v) is 13.3. The maximum atomic E-state index is 13.4. The van der Waals surface area contributed by atoms with E-state index in [2.05, 4.69) is 63.1 Å². The molecule has 2 fully saturated rings. The van der Waals surface area contributed by atoms with Gasteiger partial charge in [-0.2, -0.15) is 13.2 Å². The molecule has 0 saturated carbocycles. The van der Waals surface area contributed by atoms with Gasteiger partial charge in [0.05, 0.1) is 16.9 Å². The summed E-state index contributed by atoms with van der Waals surface area (Å²) in [5, 5.41) is 5.01. The topological polar surface area (TPSA) is 97.9 Å². The summed E-state index contributed by atoms with van der Waals surface area (Å²) in [6, 6.07) is 10.7. The molecule has 0 radical (unpaired) electrons. The van der Waals surface area contributed by atoms with E-state index in [1.807, 2.05) is 5.32 Å². The number of anilines is 4. The van der Waals surface area contributed by atoms with Gasteiger partial charge < -0.3 is 20.4 Å². The number of nitrogens with one attached hydrogen (secondary N) is 2. The zero-order chi connectivity index (χ0) is 32.7. The van der Waals surface area contributed by atoms with E-state index < -0.39 is 29.3 Å². The summed E-state index contributed by atoms with van der Waals surface area (Å²) >= 11 is 6.64. The zero-order valence-electron chi connectivity index (χ0n) is 25.9. The lowest BCUT2D eigenvalue weighted by Gasteiger charge is -2.49. The molecule has 1 unspecified atom stereocenters. The first kappa shape index (κ1) is 32.3. The second-order valence-electron chi connectivity index (χ2n) is 12.8. The highest BCUT2D eigenvalue weighted by atomic mass is 35.5. The molecule has 1 aliphatic carbocycles. The quantitative estimate of drug-likeness (QED) is 0.352. The third-order valence-corrected chi connectivity index (χ3v) is 9.99.